The first-order valence-corrected chi connectivity index (χ1v) is 20.6. The van der Waals surface area contributed by atoms with E-state index in [2.05, 4.69) is 74.6 Å². The minimum Gasteiger partial charge on any atom is -0.462 e. The van der Waals surface area contributed by atoms with Crippen molar-refractivity contribution in [2.24, 2.45) is 0 Å². The van der Waals surface area contributed by atoms with Crippen LogP contribution < -0.4 is 0 Å². The molecule has 0 aliphatic rings. The molecule has 49 heavy (non-hydrogen) atoms. The lowest BCUT2D eigenvalue weighted by atomic mass is 10.1. The molecule has 0 saturated heterocycles. The minimum absolute atomic E-state index is 0.0115. The van der Waals surface area contributed by atoms with Gasteiger partial charge >= 0.3 is 19.8 Å². The second-order valence-corrected chi connectivity index (χ2v) is 13.7. The number of phosphoric acid groups is 1. The Morgan fingerprint density at radius 1 is 0.571 bits per heavy atom. The maximum atomic E-state index is 12.5. The van der Waals surface area contributed by atoms with E-state index in [-0.39, 0.29) is 26.1 Å². The lowest BCUT2D eigenvalue weighted by Crippen LogP contribution is -2.29. The number of carbonyl (C=O) groups excluding carboxylic acids is 2. The van der Waals surface area contributed by atoms with E-state index >= 15 is 0 Å². The van der Waals surface area contributed by atoms with Crippen LogP contribution in [0.25, 0.3) is 0 Å². The number of allylic oxidation sites excluding steroid dienone is 10. The molecule has 0 saturated carbocycles. The Morgan fingerprint density at radius 3 is 1.63 bits per heavy atom. The molecule has 0 aromatic heterocycles. The van der Waals surface area contributed by atoms with E-state index in [1.165, 1.54) is 38.5 Å². The Balaban J connectivity index is 4.26. The number of unbranched alkanes of at least 4 members (excludes halogenated alkanes) is 12. The van der Waals surface area contributed by atoms with Crippen molar-refractivity contribution in [2.45, 2.75) is 162 Å². The van der Waals surface area contributed by atoms with Gasteiger partial charge in [0.05, 0.1) is 13.2 Å². The zero-order chi connectivity index (χ0) is 36.1. The van der Waals surface area contributed by atoms with Gasteiger partial charge < -0.3 is 14.4 Å². The normalized spacial score (nSPS) is 14.1. The van der Waals surface area contributed by atoms with E-state index in [0.717, 1.165) is 77.0 Å². The molecular formula is C40H69O8P. The molecular weight excluding hydrogens is 639 g/mol. The van der Waals surface area contributed by atoms with E-state index in [4.69, 9.17) is 18.5 Å². The highest BCUT2D eigenvalue weighted by atomic mass is 31.2. The van der Waals surface area contributed by atoms with Crippen LogP contribution in [0.3, 0.4) is 0 Å². The second kappa shape index (κ2) is 35.6. The number of carbonyl (C=O) groups is 2. The highest BCUT2D eigenvalue weighted by Crippen LogP contribution is 2.43. The van der Waals surface area contributed by atoms with Crippen LogP contribution >= 0.6 is 7.82 Å². The van der Waals surface area contributed by atoms with Crippen molar-refractivity contribution < 1.29 is 37.6 Å². The third-order valence-corrected chi connectivity index (χ3v) is 8.62. The van der Waals surface area contributed by atoms with Gasteiger partial charge in [0, 0.05) is 12.8 Å². The predicted octanol–water partition coefficient (Wildman–Crippen LogP) is 11.6. The van der Waals surface area contributed by atoms with Gasteiger partial charge in [-0.05, 0) is 84.0 Å². The summed E-state index contributed by atoms with van der Waals surface area (Å²) >= 11 is 0. The fourth-order valence-corrected chi connectivity index (χ4v) is 5.54. The maximum absolute atomic E-state index is 12.5. The van der Waals surface area contributed by atoms with Crippen molar-refractivity contribution in [1.82, 2.24) is 0 Å². The number of esters is 2. The first-order chi connectivity index (χ1) is 23.8. The molecule has 0 amide bonds. The molecule has 0 aliphatic heterocycles. The number of rotatable bonds is 34. The van der Waals surface area contributed by atoms with E-state index < -0.39 is 32.5 Å². The van der Waals surface area contributed by atoms with Crippen LogP contribution in [0.2, 0.25) is 0 Å². The molecule has 0 fully saturated rings. The maximum Gasteiger partial charge on any atom is 0.472 e. The smallest absolute Gasteiger partial charge is 0.462 e. The van der Waals surface area contributed by atoms with Gasteiger partial charge in [-0.2, -0.15) is 0 Å². The first-order valence-electron chi connectivity index (χ1n) is 19.1. The summed E-state index contributed by atoms with van der Waals surface area (Å²) in [6.45, 7) is 5.26. The zero-order valence-corrected chi connectivity index (χ0v) is 32.0. The van der Waals surface area contributed by atoms with Crippen LogP contribution in [0.15, 0.2) is 60.8 Å². The topological polar surface area (TPSA) is 108 Å². The van der Waals surface area contributed by atoms with Crippen molar-refractivity contribution in [2.75, 3.05) is 19.8 Å². The first kappa shape index (κ1) is 46.8. The van der Waals surface area contributed by atoms with Crippen LogP contribution in [0.4, 0.5) is 0 Å². The Labute approximate surface area is 299 Å². The molecule has 0 radical (unpaired) electrons. The van der Waals surface area contributed by atoms with Crippen molar-refractivity contribution in [3.8, 4) is 0 Å². The lowest BCUT2D eigenvalue weighted by molar-refractivity contribution is -0.161. The van der Waals surface area contributed by atoms with E-state index in [1.54, 1.807) is 6.92 Å². The molecule has 0 bridgehead atoms. The quantitative estimate of drug-likeness (QED) is 0.0304. The highest BCUT2D eigenvalue weighted by Gasteiger charge is 2.25. The molecule has 0 spiro atoms. The standard InChI is InChI=1S/C40H69O8P/c1-4-7-9-11-13-15-17-19-21-23-25-27-29-31-33-35-40(42)48-38(37-47-49(43,44)46-6-3)36-45-39(41)34-32-30-28-26-24-22-20-18-16-14-12-10-8-5-2/h7,9,13,15,18-21,25,27,38H,4-6,8,10-12,14,16-17,22-24,26,28-37H2,1-3H3,(H,43,44)/b9-7-,15-13-,20-18-,21-19-,27-25-. The van der Waals surface area contributed by atoms with Gasteiger partial charge in [-0.3, -0.25) is 18.6 Å². The number of hydrogen-bond donors (Lipinski definition) is 1. The molecule has 0 aromatic carbocycles. The Morgan fingerprint density at radius 2 is 1.04 bits per heavy atom. The van der Waals surface area contributed by atoms with Crippen molar-refractivity contribution in [1.29, 1.82) is 0 Å². The predicted molar refractivity (Wildman–Crippen MR) is 202 cm³/mol. The summed E-state index contributed by atoms with van der Waals surface area (Å²) in [4.78, 5) is 34.6. The van der Waals surface area contributed by atoms with E-state index in [0.29, 0.717) is 6.42 Å². The van der Waals surface area contributed by atoms with Gasteiger partial charge in [0.1, 0.15) is 6.61 Å². The average molecular weight is 709 g/mol. The molecule has 2 atom stereocenters. The summed E-state index contributed by atoms with van der Waals surface area (Å²) < 4.78 is 32.5. The van der Waals surface area contributed by atoms with Crippen LogP contribution in [0, 0.1) is 0 Å². The van der Waals surface area contributed by atoms with E-state index in [9.17, 15) is 19.0 Å². The van der Waals surface area contributed by atoms with Crippen molar-refractivity contribution in [3.05, 3.63) is 60.8 Å². The highest BCUT2D eigenvalue weighted by molar-refractivity contribution is 7.47. The number of phosphoric ester groups is 1. The summed E-state index contributed by atoms with van der Waals surface area (Å²) in [5.74, 6) is -0.862. The number of hydrogen-bond acceptors (Lipinski definition) is 7. The van der Waals surface area contributed by atoms with Crippen LogP contribution in [-0.2, 0) is 32.7 Å². The van der Waals surface area contributed by atoms with E-state index in [1.807, 2.05) is 0 Å². The van der Waals surface area contributed by atoms with Gasteiger partial charge in [0.15, 0.2) is 6.10 Å². The SMILES string of the molecule is CC/C=C\C/C=C\C/C=C\C/C=C\CCCCC(=O)OC(COC(=O)CCCCCCC/C=C\CCCCCCC)COP(=O)(O)OCC. The molecule has 1 N–H and O–H groups in total. The van der Waals surface area contributed by atoms with Gasteiger partial charge in [-0.15, -0.1) is 0 Å². The summed E-state index contributed by atoms with van der Waals surface area (Å²) in [5.41, 5.74) is 0. The van der Waals surface area contributed by atoms with Crippen LogP contribution in [0.1, 0.15) is 156 Å². The summed E-state index contributed by atoms with van der Waals surface area (Å²) in [6.07, 6.45) is 41.3. The summed E-state index contributed by atoms with van der Waals surface area (Å²) in [7, 11) is -4.29. The van der Waals surface area contributed by atoms with Crippen LogP contribution in [-0.4, -0.2) is 42.8 Å². The van der Waals surface area contributed by atoms with Crippen molar-refractivity contribution >= 4 is 19.8 Å². The Bertz CT molecular complexity index is 985. The van der Waals surface area contributed by atoms with Gasteiger partial charge in [0.2, 0.25) is 0 Å². The van der Waals surface area contributed by atoms with Gasteiger partial charge in [0.25, 0.3) is 0 Å². The molecule has 282 valence electrons. The van der Waals surface area contributed by atoms with Gasteiger partial charge in [-0.25, -0.2) is 4.57 Å². The fraction of sp³-hybridized carbons (Fsp3) is 0.700. The van der Waals surface area contributed by atoms with Crippen LogP contribution in [0.5, 0.6) is 0 Å². The molecule has 0 aromatic rings. The minimum atomic E-state index is -4.29. The average Bonchev–Trinajstić information content (AvgIpc) is 3.07. The van der Waals surface area contributed by atoms with Crippen molar-refractivity contribution in [3.63, 3.8) is 0 Å². The number of ether oxygens (including phenoxy) is 2. The second-order valence-electron chi connectivity index (χ2n) is 12.2. The fourth-order valence-electron chi connectivity index (χ4n) is 4.79. The Hall–Kier alpha value is -2.25. The monoisotopic (exact) mass is 708 g/mol. The molecule has 9 heteroatoms. The van der Waals surface area contributed by atoms with Gasteiger partial charge in [-0.1, -0.05) is 120 Å². The lowest BCUT2D eigenvalue weighted by Gasteiger charge is -2.19. The largest absolute Gasteiger partial charge is 0.472 e. The Kier molecular flexibility index (Phi) is 33.9. The third kappa shape index (κ3) is 35.4. The summed E-state index contributed by atoms with van der Waals surface area (Å²) in [5, 5.41) is 0. The molecule has 0 rings (SSSR count). The zero-order valence-electron chi connectivity index (χ0n) is 31.1. The molecule has 0 heterocycles. The molecule has 2 unspecified atom stereocenters. The molecule has 8 nitrogen and oxygen atoms in total. The summed E-state index contributed by atoms with van der Waals surface area (Å²) in [6, 6.07) is 0. The molecule has 0 aliphatic carbocycles. The third-order valence-electron chi connectivity index (χ3n) is 7.56.